The maximum absolute atomic E-state index is 13.5. The molecule has 1 heterocycles. The quantitative estimate of drug-likeness (QED) is 0.292. The number of carbonyl (C=O) groups excluding carboxylic acids is 2. The minimum atomic E-state index is -0.564. The first-order valence-corrected chi connectivity index (χ1v) is 9.93. The molecule has 0 fully saturated rings. The van der Waals surface area contributed by atoms with Gasteiger partial charge in [-0.2, -0.15) is 0 Å². The monoisotopic (exact) mass is 416 g/mol. The van der Waals surface area contributed by atoms with Gasteiger partial charge in [0.25, 0.3) is 11.8 Å². The van der Waals surface area contributed by atoms with Crippen LogP contribution in [0.5, 0.6) is 0 Å². The molecule has 6 heteroatoms. The lowest BCUT2D eigenvalue weighted by Gasteiger charge is -2.30. The van der Waals surface area contributed by atoms with E-state index in [4.69, 9.17) is 5.21 Å². The summed E-state index contributed by atoms with van der Waals surface area (Å²) in [6, 6.07) is 20.6. The second kappa shape index (κ2) is 8.93. The molecule has 0 saturated carbocycles. The number of halogens is 1. The van der Waals surface area contributed by atoms with E-state index < -0.39 is 5.91 Å². The second-order valence-electron chi connectivity index (χ2n) is 7.38. The largest absolute Gasteiger partial charge is 0.334 e. The van der Waals surface area contributed by atoms with Crippen molar-refractivity contribution in [1.29, 1.82) is 0 Å². The zero-order valence-corrected chi connectivity index (χ0v) is 16.7. The van der Waals surface area contributed by atoms with Gasteiger partial charge in [0.2, 0.25) is 0 Å². The van der Waals surface area contributed by atoms with Crippen molar-refractivity contribution >= 4 is 23.5 Å². The normalized spacial score (nSPS) is 13.5. The third-order valence-electron chi connectivity index (χ3n) is 5.37. The van der Waals surface area contributed by atoms with Crippen molar-refractivity contribution in [3.8, 4) is 0 Å². The van der Waals surface area contributed by atoms with Crippen LogP contribution in [0.25, 0.3) is 11.6 Å². The van der Waals surface area contributed by atoms with Gasteiger partial charge in [-0.25, -0.2) is 9.87 Å². The van der Waals surface area contributed by atoms with Crippen LogP contribution in [0.4, 0.5) is 4.39 Å². The molecule has 0 radical (unpaired) electrons. The van der Waals surface area contributed by atoms with Gasteiger partial charge < -0.3 is 4.90 Å². The molecular weight excluding hydrogens is 395 g/mol. The zero-order valence-electron chi connectivity index (χ0n) is 16.7. The van der Waals surface area contributed by atoms with E-state index in [-0.39, 0.29) is 11.7 Å². The van der Waals surface area contributed by atoms with E-state index in [9.17, 15) is 14.0 Å². The van der Waals surface area contributed by atoms with Gasteiger partial charge in [0.1, 0.15) is 5.82 Å². The first-order chi connectivity index (χ1) is 15.0. The Balaban J connectivity index is 1.64. The van der Waals surface area contributed by atoms with E-state index in [1.165, 1.54) is 12.1 Å². The lowest BCUT2D eigenvalue weighted by atomic mass is 9.95. The number of hydroxylamine groups is 1. The summed E-state index contributed by atoms with van der Waals surface area (Å²) in [7, 11) is 0. The molecule has 3 aromatic rings. The van der Waals surface area contributed by atoms with Crippen LogP contribution in [0.3, 0.4) is 0 Å². The average Bonchev–Trinajstić information content (AvgIpc) is 2.82. The molecule has 2 amide bonds. The molecule has 0 bridgehead atoms. The van der Waals surface area contributed by atoms with E-state index in [1.54, 1.807) is 40.7 Å². The Hall–Kier alpha value is -3.77. The summed E-state index contributed by atoms with van der Waals surface area (Å²) < 4.78 is 13.5. The highest BCUT2D eigenvalue weighted by atomic mass is 19.1. The summed E-state index contributed by atoms with van der Waals surface area (Å²) in [6.07, 6.45) is 2.41. The van der Waals surface area contributed by atoms with Crippen LogP contribution < -0.4 is 5.48 Å². The summed E-state index contributed by atoms with van der Waals surface area (Å²) >= 11 is 0. The van der Waals surface area contributed by atoms with Crippen molar-refractivity contribution in [2.75, 3.05) is 6.54 Å². The lowest BCUT2D eigenvalue weighted by molar-refractivity contribution is -0.125. The standard InChI is InChI=1S/C25H21FN2O3/c26-22-10-8-18(9-11-22)23(14-17-4-2-1-3-5-17)25(30)28-13-12-19-15-20(24(29)27-31)6-7-21(19)16-28/h1-11,14-15,31H,12-13,16H2,(H,27,29)/b23-14-. The molecule has 0 atom stereocenters. The molecule has 4 rings (SSSR count). The Morgan fingerprint density at radius 3 is 2.35 bits per heavy atom. The maximum Gasteiger partial charge on any atom is 0.274 e. The van der Waals surface area contributed by atoms with Gasteiger partial charge in [0, 0.05) is 24.2 Å². The fraction of sp³-hybridized carbons (Fsp3) is 0.120. The highest BCUT2D eigenvalue weighted by Gasteiger charge is 2.25. The van der Waals surface area contributed by atoms with Gasteiger partial charge >= 0.3 is 0 Å². The van der Waals surface area contributed by atoms with E-state index in [0.29, 0.717) is 36.2 Å². The third-order valence-corrected chi connectivity index (χ3v) is 5.37. The number of carbonyl (C=O) groups is 2. The minimum Gasteiger partial charge on any atom is -0.334 e. The van der Waals surface area contributed by atoms with Gasteiger partial charge in [-0.1, -0.05) is 48.5 Å². The summed E-state index contributed by atoms with van der Waals surface area (Å²) in [5, 5.41) is 8.83. The zero-order chi connectivity index (χ0) is 21.8. The Morgan fingerprint density at radius 2 is 1.65 bits per heavy atom. The molecule has 0 saturated heterocycles. The molecule has 2 N–H and O–H groups in total. The molecule has 5 nitrogen and oxygen atoms in total. The molecular formula is C25H21FN2O3. The minimum absolute atomic E-state index is 0.140. The average molecular weight is 416 g/mol. The molecule has 1 aliphatic rings. The number of nitrogens with one attached hydrogen (secondary N) is 1. The Morgan fingerprint density at radius 1 is 0.935 bits per heavy atom. The molecule has 1 aliphatic heterocycles. The predicted octanol–water partition coefficient (Wildman–Crippen LogP) is 4.07. The van der Waals surface area contributed by atoms with Crippen LogP contribution in [0, 0.1) is 5.82 Å². The van der Waals surface area contributed by atoms with Crippen molar-refractivity contribution in [3.05, 3.63) is 106 Å². The summed E-state index contributed by atoms with van der Waals surface area (Å²) in [4.78, 5) is 26.9. The number of hydrogen-bond acceptors (Lipinski definition) is 3. The van der Waals surface area contributed by atoms with E-state index in [2.05, 4.69) is 0 Å². The smallest absolute Gasteiger partial charge is 0.274 e. The maximum atomic E-state index is 13.5. The van der Waals surface area contributed by atoms with Crippen molar-refractivity contribution in [3.63, 3.8) is 0 Å². The van der Waals surface area contributed by atoms with Crippen LogP contribution in [-0.2, 0) is 17.8 Å². The SMILES string of the molecule is O=C(NO)c1ccc2c(c1)CCN(C(=O)/C(=C\c1ccccc1)c1ccc(F)cc1)C2. The fourth-order valence-corrected chi connectivity index (χ4v) is 3.72. The molecule has 31 heavy (non-hydrogen) atoms. The van der Waals surface area contributed by atoms with Crippen molar-refractivity contribution in [1.82, 2.24) is 10.4 Å². The Bertz CT molecular complexity index is 1140. The van der Waals surface area contributed by atoms with Crippen LogP contribution in [0.15, 0.2) is 72.8 Å². The first-order valence-electron chi connectivity index (χ1n) is 9.93. The van der Waals surface area contributed by atoms with Gasteiger partial charge in [-0.15, -0.1) is 0 Å². The number of hydrogen-bond donors (Lipinski definition) is 2. The van der Waals surface area contributed by atoms with Crippen molar-refractivity contribution < 1.29 is 19.2 Å². The topological polar surface area (TPSA) is 69.6 Å². The van der Waals surface area contributed by atoms with E-state index in [1.807, 2.05) is 36.4 Å². The molecule has 0 unspecified atom stereocenters. The van der Waals surface area contributed by atoms with Crippen LogP contribution in [-0.4, -0.2) is 28.5 Å². The second-order valence-corrected chi connectivity index (χ2v) is 7.38. The number of fused-ring (bicyclic) bond motifs is 1. The predicted molar refractivity (Wildman–Crippen MR) is 116 cm³/mol. The summed E-state index contributed by atoms with van der Waals surface area (Å²) in [6.45, 7) is 0.895. The van der Waals surface area contributed by atoms with Crippen molar-refractivity contribution in [2.45, 2.75) is 13.0 Å². The van der Waals surface area contributed by atoms with E-state index >= 15 is 0 Å². The van der Waals surface area contributed by atoms with Crippen LogP contribution in [0.1, 0.15) is 32.6 Å². The number of benzene rings is 3. The number of rotatable bonds is 4. The van der Waals surface area contributed by atoms with Gasteiger partial charge in [0.05, 0.1) is 0 Å². The third kappa shape index (κ3) is 4.54. The van der Waals surface area contributed by atoms with Gasteiger partial charge in [-0.3, -0.25) is 14.8 Å². The van der Waals surface area contributed by atoms with Crippen molar-refractivity contribution in [2.24, 2.45) is 0 Å². The number of amides is 2. The molecule has 156 valence electrons. The molecule has 0 spiro atoms. The van der Waals surface area contributed by atoms with Crippen LogP contribution in [0.2, 0.25) is 0 Å². The Labute approximate surface area is 179 Å². The Kier molecular flexibility index (Phi) is 5.91. The van der Waals surface area contributed by atoms with Gasteiger partial charge in [0.15, 0.2) is 0 Å². The fourth-order valence-electron chi connectivity index (χ4n) is 3.72. The lowest BCUT2D eigenvalue weighted by Crippen LogP contribution is -2.36. The molecule has 0 aromatic heterocycles. The summed E-state index contributed by atoms with van der Waals surface area (Å²) in [5.74, 6) is -1.06. The number of nitrogens with zero attached hydrogens (tertiary/aromatic N) is 1. The summed E-state index contributed by atoms with van der Waals surface area (Å²) in [5.41, 5.74) is 5.96. The van der Waals surface area contributed by atoms with Gasteiger partial charge in [-0.05, 0) is 59.0 Å². The molecule has 0 aliphatic carbocycles. The van der Waals surface area contributed by atoms with E-state index in [0.717, 1.165) is 16.7 Å². The highest BCUT2D eigenvalue weighted by molar-refractivity contribution is 6.24. The first kappa shape index (κ1) is 20.5. The molecule has 3 aromatic carbocycles. The highest BCUT2D eigenvalue weighted by Crippen LogP contribution is 2.26. The van der Waals surface area contributed by atoms with Crippen LogP contribution >= 0.6 is 0 Å².